The van der Waals surface area contributed by atoms with Gasteiger partial charge in [0, 0.05) is 5.69 Å². The standard InChI is InChI=1S/C10H10F3NO4/c1-3-18-9(17)5-4(2)14-7(8(15)16)6(5)10(11,12)13/h14H,3H2,1-2H3,(H,15,16). The van der Waals surface area contributed by atoms with Gasteiger partial charge in [0.05, 0.1) is 12.2 Å². The number of hydrogen-bond acceptors (Lipinski definition) is 3. The van der Waals surface area contributed by atoms with Crippen LogP contribution in [0.1, 0.15) is 39.0 Å². The van der Waals surface area contributed by atoms with E-state index < -0.39 is 34.9 Å². The van der Waals surface area contributed by atoms with Gasteiger partial charge in [-0.2, -0.15) is 13.2 Å². The van der Waals surface area contributed by atoms with E-state index in [4.69, 9.17) is 5.11 Å². The van der Waals surface area contributed by atoms with Crippen molar-refractivity contribution in [2.45, 2.75) is 20.0 Å². The number of alkyl halides is 3. The van der Waals surface area contributed by atoms with E-state index in [1.165, 1.54) is 13.8 Å². The Hall–Kier alpha value is -1.99. The molecule has 1 aromatic heterocycles. The molecule has 1 aromatic rings. The van der Waals surface area contributed by atoms with Gasteiger partial charge in [0.15, 0.2) is 0 Å². The van der Waals surface area contributed by atoms with E-state index in [1.54, 1.807) is 0 Å². The van der Waals surface area contributed by atoms with Crippen molar-refractivity contribution < 1.29 is 32.6 Å². The molecule has 0 aromatic carbocycles. The maximum Gasteiger partial charge on any atom is 0.419 e. The Kier molecular flexibility index (Phi) is 3.68. The van der Waals surface area contributed by atoms with Gasteiger partial charge in [0.25, 0.3) is 0 Å². The molecule has 0 fully saturated rings. The molecule has 8 heteroatoms. The third-order valence-corrected chi connectivity index (χ3v) is 2.16. The monoisotopic (exact) mass is 265 g/mol. The minimum absolute atomic E-state index is 0.108. The lowest BCUT2D eigenvalue weighted by atomic mass is 10.1. The fourth-order valence-corrected chi connectivity index (χ4v) is 1.53. The molecule has 1 rings (SSSR count). The van der Waals surface area contributed by atoms with Crippen LogP contribution in [0.3, 0.4) is 0 Å². The van der Waals surface area contributed by atoms with Gasteiger partial charge in [0.1, 0.15) is 11.3 Å². The van der Waals surface area contributed by atoms with E-state index >= 15 is 0 Å². The van der Waals surface area contributed by atoms with Crippen molar-refractivity contribution in [3.8, 4) is 0 Å². The highest BCUT2D eigenvalue weighted by Gasteiger charge is 2.43. The van der Waals surface area contributed by atoms with E-state index in [2.05, 4.69) is 4.74 Å². The van der Waals surface area contributed by atoms with Crippen LogP contribution in [0.5, 0.6) is 0 Å². The molecule has 0 radical (unpaired) electrons. The highest BCUT2D eigenvalue weighted by molar-refractivity contribution is 5.98. The number of H-pyrrole nitrogens is 1. The second kappa shape index (κ2) is 4.71. The van der Waals surface area contributed by atoms with Crippen LogP contribution in [0.2, 0.25) is 0 Å². The Morgan fingerprint density at radius 3 is 2.33 bits per heavy atom. The van der Waals surface area contributed by atoms with Crippen molar-refractivity contribution >= 4 is 11.9 Å². The molecule has 0 saturated carbocycles. The largest absolute Gasteiger partial charge is 0.477 e. The number of ether oxygens (including phenoxy) is 1. The van der Waals surface area contributed by atoms with Crippen molar-refractivity contribution in [3.63, 3.8) is 0 Å². The first-order valence-electron chi connectivity index (χ1n) is 4.90. The fraction of sp³-hybridized carbons (Fsp3) is 0.400. The minimum atomic E-state index is -4.96. The predicted molar refractivity (Wildman–Crippen MR) is 53.4 cm³/mol. The van der Waals surface area contributed by atoms with Gasteiger partial charge >= 0.3 is 18.1 Å². The molecular weight excluding hydrogens is 255 g/mol. The summed E-state index contributed by atoms with van der Waals surface area (Å²) in [6.07, 6.45) is -4.96. The van der Waals surface area contributed by atoms with Crippen molar-refractivity contribution in [1.29, 1.82) is 0 Å². The Morgan fingerprint density at radius 2 is 1.94 bits per heavy atom. The highest BCUT2D eigenvalue weighted by Crippen LogP contribution is 2.36. The highest BCUT2D eigenvalue weighted by atomic mass is 19.4. The Balaban J connectivity index is 3.50. The number of halogens is 3. The summed E-state index contributed by atoms with van der Waals surface area (Å²) in [5.74, 6) is -2.99. The number of aromatic amines is 1. The summed E-state index contributed by atoms with van der Waals surface area (Å²) in [6, 6.07) is 0. The van der Waals surface area contributed by atoms with E-state index in [0.717, 1.165) is 0 Å². The summed E-state index contributed by atoms with van der Waals surface area (Å²) < 4.78 is 42.9. The molecule has 0 bridgehead atoms. The average Bonchev–Trinajstić information content (AvgIpc) is 2.55. The molecule has 0 spiro atoms. The predicted octanol–water partition coefficient (Wildman–Crippen LogP) is 2.22. The molecule has 2 N–H and O–H groups in total. The number of esters is 1. The summed E-state index contributed by atoms with van der Waals surface area (Å²) in [5, 5.41) is 8.70. The molecular formula is C10H10F3NO4. The zero-order valence-corrected chi connectivity index (χ0v) is 9.51. The molecule has 18 heavy (non-hydrogen) atoms. The molecule has 0 atom stereocenters. The number of nitrogens with one attached hydrogen (secondary N) is 1. The second-order valence-electron chi connectivity index (χ2n) is 3.40. The quantitative estimate of drug-likeness (QED) is 0.821. The van der Waals surface area contributed by atoms with Crippen LogP contribution in [-0.2, 0) is 10.9 Å². The number of aryl methyl sites for hydroxylation is 1. The van der Waals surface area contributed by atoms with Gasteiger partial charge < -0.3 is 14.8 Å². The molecule has 0 saturated heterocycles. The lowest BCUT2D eigenvalue weighted by Crippen LogP contribution is -2.17. The van der Waals surface area contributed by atoms with Crippen molar-refractivity contribution in [2.24, 2.45) is 0 Å². The van der Waals surface area contributed by atoms with E-state index in [1.807, 2.05) is 4.98 Å². The van der Waals surface area contributed by atoms with Gasteiger partial charge in [-0.1, -0.05) is 0 Å². The van der Waals surface area contributed by atoms with Gasteiger partial charge in [0.2, 0.25) is 0 Å². The number of rotatable bonds is 3. The smallest absolute Gasteiger partial charge is 0.419 e. The molecule has 0 aliphatic heterocycles. The Morgan fingerprint density at radius 1 is 1.39 bits per heavy atom. The van der Waals surface area contributed by atoms with E-state index in [9.17, 15) is 22.8 Å². The van der Waals surface area contributed by atoms with Crippen LogP contribution in [0.15, 0.2) is 0 Å². The molecule has 100 valence electrons. The van der Waals surface area contributed by atoms with Crippen LogP contribution in [-0.4, -0.2) is 28.6 Å². The second-order valence-corrected chi connectivity index (χ2v) is 3.40. The van der Waals surface area contributed by atoms with Crippen LogP contribution in [0, 0.1) is 6.92 Å². The SMILES string of the molecule is CCOC(=O)c1c(C)[nH]c(C(=O)O)c1C(F)(F)F. The minimum Gasteiger partial charge on any atom is -0.477 e. The van der Waals surface area contributed by atoms with Crippen LogP contribution in [0.25, 0.3) is 0 Å². The van der Waals surface area contributed by atoms with Crippen LogP contribution < -0.4 is 0 Å². The van der Waals surface area contributed by atoms with Crippen LogP contribution >= 0.6 is 0 Å². The van der Waals surface area contributed by atoms with Gasteiger partial charge in [-0.15, -0.1) is 0 Å². The maximum atomic E-state index is 12.8. The van der Waals surface area contributed by atoms with Crippen molar-refractivity contribution in [3.05, 3.63) is 22.5 Å². The fourth-order valence-electron chi connectivity index (χ4n) is 1.53. The normalized spacial score (nSPS) is 11.4. The Labute approximate surface area is 99.6 Å². The van der Waals surface area contributed by atoms with Crippen LogP contribution in [0.4, 0.5) is 13.2 Å². The van der Waals surface area contributed by atoms with Gasteiger partial charge in [-0.05, 0) is 13.8 Å². The number of carbonyl (C=O) groups is 2. The van der Waals surface area contributed by atoms with E-state index in [-0.39, 0.29) is 12.3 Å². The summed E-state index contributed by atoms with van der Waals surface area (Å²) in [5.41, 5.74) is -3.56. The van der Waals surface area contributed by atoms with E-state index in [0.29, 0.717) is 0 Å². The molecule has 1 heterocycles. The first-order chi connectivity index (χ1) is 8.20. The average molecular weight is 265 g/mol. The lowest BCUT2D eigenvalue weighted by molar-refractivity contribution is -0.138. The number of hydrogen-bond donors (Lipinski definition) is 2. The first-order valence-corrected chi connectivity index (χ1v) is 4.90. The number of carbonyl (C=O) groups excluding carboxylic acids is 1. The third kappa shape index (κ3) is 2.47. The molecule has 5 nitrogen and oxygen atoms in total. The third-order valence-electron chi connectivity index (χ3n) is 2.16. The van der Waals surface area contributed by atoms with Crippen molar-refractivity contribution in [1.82, 2.24) is 4.98 Å². The summed E-state index contributed by atoms with van der Waals surface area (Å²) in [6.45, 7) is 2.50. The lowest BCUT2D eigenvalue weighted by Gasteiger charge is -2.09. The summed E-state index contributed by atoms with van der Waals surface area (Å²) >= 11 is 0. The maximum absolute atomic E-state index is 12.8. The summed E-state index contributed by atoms with van der Waals surface area (Å²) in [7, 11) is 0. The first kappa shape index (κ1) is 14.1. The number of aromatic nitrogens is 1. The summed E-state index contributed by atoms with van der Waals surface area (Å²) in [4.78, 5) is 24.2. The topological polar surface area (TPSA) is 79.4 Å². The zero-order chi connectivity index (χ0) is 14.1. The molecule has 0 aliphatic rings. The molecule has 0 amide bonds. The van der Waals surface area contributed by atoms with Gasteiger partial charge in [-0.25, -0.2) is 9.59 Å². The number of carboxylic acid groups (broad SMARTS) is 1. The number of carboxylic acids is 1. The van der Waals surface area contributed by atoms with Gasteiger partial charge in [-0.3, -0.25) is 0 Å². The molecule has 0 unspecified atom stereocenters. The van der Waals surface area contributed by atoms with Crippen molar-refractivity contribution in [2.75, 3.05) is 6.61 Å². The zero-order valence-electron chi connectivity index (χ0n) is 9.51. The molecule has 0 aliphatic carbocycles. The Bertz CT molecular complexity index is 490. The number of aromatic carboxylic acids is 1.